The van der Waals surface area contributed by atoms with Gasteiger partial charge < -0.3 is 15.2 Å². The van der Waals surface area contributed by atoms with Gasteiger partial charge in [-0.05, 0) is 48.2 Å². The number of urea groups is 1. The molecule has 1 aliphatic carbocycles. The smallest absolute Gasteiger partial charge is 0.317 e. The van der Waals surface area contributed by atoms with E-state index in [1.807, 2.05) is 30.3 Å². The van der Waals surface area contributed by atoms with Crippen molar-refractivity contribution >= 4 is 11.8 Å². The molecule has 1 aromatic heterocycles. The van der Waals surface area contributed by atoms with Crippen LogP contribution in [0.3, 0.4) is 0 Å². The van der Waals surface area contributed by atoms with Crippen LogP contribution in [-0.4, -0.2) is 17.6 Å². The molecule has 3 atom stereocenters. The second-order valence-corrected chi connectivity index (χ2v) is 7.42. The molecule has 3 aromatic rings. The maximum atomic E-state index is 13.5. The van der Waals surface area contributed by atoms with Crippen LogP contribution in [0, 0.1) is 23.5 Å². The SMILES string of the molecule is C[C@@H]1[C@@H]2COc3c(F)ccc(F)c3[C@H]12.NC(=O)Nc1ccc(Oc2ccccc2)cn1. The van der Waals surface area contributed by atoms with Gasteiger partial charge in [-0.2, -0.15) is 0 Å². The number of benzene rings is 2. The average molecular weight is 425 g/mol. The van der Waals surface area contributed by atoms with Crippen LogP contribution in [0.25, 0.3) is 0 Å². The summed E-state index contributed by atoms with van der Waals surface area (Å²) in [6.07, 6.45) is 1.51. The van der Waals surface area contributed by atoms with Gasteiger partial charge in [0.05, 0.1) is 12.8 Å². The number of fused-ring (bicyclic) bond motifs is 3. The molecule has 6 nitrogen and oxygen atoms in total. The van der Waals surface area contributed by atoms with Gasteiger partial charge in [0, 0.05) is 11.5 Å². The predicted molar refractivity (Wildman–Crippen MR) is 111 cm³/mol. The number of carbonyl (C=O) groups excluding carboxylic acids is 1. The Morgan fingerprint density at radius 1 is 1.10 bits per heavy atom. The fourth-order valence-corrected chi connectivity index (χ4v) is 3.73. The number of rotatable bonds is 3. The van der Waals surface area contributed by atoms with Gasteiger partial charge >= 0.3 is 6.03 Å². The Labute approximate surface area is 178 Å². The first-order valence-electron chi connectivity index (χ1n) is 9.80. The Balaban J connectivity index is 0.000000151. The maximum Gasteiger partial charge on any atom is 0.317 e. The Morgan fingerprint density at radius 2 is 1.84 bits per heavy atom. The minimum absolute atomic E-state index is 0.135. The molecule has 0 radical (unpaired) electrons. The predicted octanol–water partition coefficient (Wildman–Crippen LogP) is 5.07. The van der Waals surface area contributed by atoms with Crippen molar-refractivity contribution in [2.75, 3.05) is 11.9 Å². The number of anilines is 1. The first-order valence-corrected chi connectivity index (χ1v) is 9.80. The maximum absolute atomic E-state index is 13.5. The third-order valence-corrected chi connectivity index (χ3v) is 5.38. The van der Waals surface area contributed by atoms with E-state index < -0.39 is 11.8 Å². The Morgan fingerprint density at radius 3 is 2.52 bits per heavy atom. The van der Waals surface area contributed by atoms with Crippen LogP contribution in [0.1, 0.15) is 18.4 Å². The highest BCUT2D eigenvalue weighted by molar-refractivity contribution is 5.86. The van der Waals surface area contributed by atoms with Crippen molar-refractivity contribution in [3.63, 3.8) is 0 Å². The molecular formula is C23H21F2N3O3. The van der Waals surface area contributed by atoms with E-state index >= 15 is 0 Å². The van der Waals surface area contributed by atoms with Gasteiger partial charge in [0.25, 0.3) is 0 Å². The average Bonchev–Trinajstić information content (AvgIpc) is 3.43. The molecule has 0 spiro atoms. The van der Waals surface area contributed by atoms with Crippen molar-refractivity contribution in [3.8, 4) is 17.2 Å². The Kier molecular flexibility index (Phi) is 5.70. The molecular weight excluding hydrogens is 404 g/mol. The van der Waals surface area contributed by atoms with Gasteiger partial charge in [-0.3, -0.25) is 5.32 Å². The molecule has 2 amide bonds. The van der Waals surface area contributed by atoms with E-state index in [0.29, 0.717) is 35.6 Å². The molecule has 2 aliphatic rings. The number of halogens is 2. The zero-order chi connectivity index (χ0) is 22.0. The lowest BCUT2D eigenvalue weighted by Crippen LogP contribution is -2.19. The van der Waals surface area contributed by atoms with Crippen molar-refractivity contribution in [1.29, 1.82) is 0 Å². The summed E-state index contributed by atoms with van der Waals surface area (Å²) in [5.41, 5.74) is 5.42. The summed E-state index contributed by atoms with van der Waals surface area (Å²) in [6.45, 7) is 2.58. The van der Waals surface area contributed by atoms with Gasteiger partial charge in [-0.25, -0.2) is 18.6 Å². The number of pyridine rings is 1. The van der Waals surface area contributed by atoms with Crippen molar-refractivity contribution in [1.82, 2.24) is 4.98 Å². The van der Waals surface area contributed by atoms with Crippen LogP contribution in [0.5, 0.6) is 17.2 Å². The number of primary amides is 1. The number of amides is 2. The van der Waals surface area contributed by atoms with Crippen molar-refractivity contribution in [2.45, 2.75) is 12.8 Å². The summed E-state index contributed by atoms with van der Waals surface area (Å²) in [7, 11) is 0. The van der Waals surface area contributed by atoms with E-state index in [2.05, 4.69) is 17.2 Å². The quantitative estimate of drug-likeness (QED) is 0.613. The molecule has 0 bridgehead atoms. The van der Waals surface area contributed by atoms with E-state index in [1.54, 1.807) is 12.1 Å². The number of para-hydroxylation sites is 1. The lowest BCUT2D eigenvalue weighted by atomic mass is 10.0. The number of hydrogen-bond donors (Lipinski definition) is 2. The number of nitrogens with two attached hydrogens (primary N) is 1. The van der Waals surface area contributed by atoms with E-state index in [4.69, 9.17) is 15.2 Å². The van der Waals surface area contributed by atoms with Gasteiger partial charge in [0.1, 0.15) is 23.1 Å². The lowest BCUT2D eigenvalue weighted by molar-refractivity contribution is 0.258. The van der Waals surface area contributed by atoms with Crippen LogP contribution >= 0.6 is 0 Å². The number of carbonyl (C=O) groups is 1. The number of nitrogens with one attached hydrogen (secondary N) is 1. The molecule has 3 N–H and O–H groups in total. The van der Waals surface area contributed by atoms with E-state index in [0.717, 1.165) is 11.8 Å². The molecule has 5 rings (SSSR count). The molecule has 2 aromatic carbocycles. The summed E-state index contributed by atoms with van der Waals surface area (Å²) in [4.78, 5) is 14.6. The number of hydrogen-bond acceptors (Lipinski definition) is 4. The highest BCUT2D eigenvalue weighted by atomic mass is 19.1. The summed E-state index contributed by atoms with van der Waals surface area (Å²) in [5.74, 6) is 2.05. The summed E-state index contributed by atoms with van der Waals surface area (Å²) >= 11 is 0. The molecule has 0 unspecified atom stereocenters. The molecule has 160 valence electrons. The standard InChI is InChI=1S/C12H11N3O2.C11H10F2O/c13-12(16)15-11-7-6-10(8-14-11)17-9-4-2-1-3-5-9;1-5-6-4-14-11-8(13)3-2-7(12)10(11)9(5)6/h1-8H,(H3,13,14,15,16);2-3,5-6,9H,4H2,1H3/t;5-,6+,9-/m.1/s1. The molecule has 0 saturated heterocycles. The van der Waals surface area contributed by atoms with E-state index in [9.17, 15) is 13.6 Å². The fraction of sp³-hybridized carbons (Fsp3) is 0.217. The monoisotopic (exact) mass is 425 g/mol. The van der Waals surface area contributed by atoms with Crippen LogP contribution in [-0.2, 0) is 0 Å². The first kappa shape index (κ1) is 20.6. The van der Waals surface area contributed by atoms with Gasteiger partial charge in [0.15, 0.2) is 11.6 Å². The highest BCUT2D eigenvalue weighted by Crippen LogP contribution is 2.59. The van der Waals surface area contributed by atoms with Crippen molar-refractivity contribution in [3.05, 3.63) is 78.0 Å². The number of nitrogens with zero attached hydrogens (tertiary/aromatic N) is 1. The zero-order valence-electron chi connectivity index (χ0n) is 16.7. The van der Waals surface area contributed by atoms with E-state index in [-0.39, 0.29) is 17.5 Å². The summed E-state index contributed by atoms with van der Waals surface area (Å²) < 4.78 is 37.5. The summed E-state index contributed by atoms with van der Waals surface area (Å²) in [6, 6.07) is 14.3. The van der Waals surface area contributed by atoms with Crippen LogP contribution in [0.15, 0.2) is 60.8 Å². The second-order valence-electron chi connectivity index (χ2n) is 7.42. The first-order chi connectivity index (χ1) is 14.9. The van der Waals surface area contributed by atoms with Crippen LogP contribution in [0.2, 0.25) is 0 Å². The van der Waals surface area contributed by atoms with Crippen LogP contribution < -0.4 is 20.5 Å². The van der Waals surface area contributed by atoms with E-state index in [1.165, 1.54) is 12.3 Å². The van der Waals surface area contributed by atoms with Crippen LogP contribution in [0.4, 0.5) is 19.4 Å². The Hall–Kier alpha value is -3.68. The lowest BCUT2D eigenvalue weighted by Gasteiger charge is -2.17. The van der Waals surface area contributed by atoms with Crippen molar-refractivity contribution < 1.29 is 23.0 Å². The topological polar surface area (TPSA) is 86.5 Å². The third-order valence-electron chi connectivity index (χ3n) is 5.38. The molecule has 8 heteroatoms. The minimum atomic E-state index is -0.644. The molecule has 1 saturated carbocycles. The van der Waals surface area contributed by atoms with Crippen molar-refractivity contribution in [2.24, 2.45) is 17.6 Å². The van der Waals surface area contributed by atoms with Gasteiger partial charge in [-0.15, -0.1) is 0 Å². The molecule has 1 aliphatic heterocycles. The Bertz CT molecular complexity index is 1080. The summed E-state index contributed by atoms with van der Waals surface area (Å²) in [5, 5.41) is 2.37. The van der Waals surface area contributed by atoms with Gasteiger partial charge in [-0.1, -0.05) is 25.1 Å². The molecule has 31 heavy (non-hydrogen) atoms. The fourth-order valence-electron chi connectivity index (χ4n) is 3.73. The zero-order valence-corrected chi connectivity index (χ0v) is 16.7. The normalized spacial score (nSPS) is 20.2. The second kappa shape index (κ2) is 8.59. The highest BCUT2D eigenvalue weighted by Gasteiger charge is 2.53. The molecule has 1 fully saturated rings. The minimum Gasteiger partial charge on any atom is -0.490 e. The third kappa shape index (κ3) is 4.58. The largest absolute Gasteiger partial charge is 0.490 e. The number of ether oxygens (including phenoxy) is 2. The number of aromatic nitrogens is 1. The molecule has 2 heterocycles. The van der Waals surface area contributed by atoms with Gasteiger partial charge in [0.2, 0.25) is 0 Å².